The lowest BCUT2D eigenvalue weighted by atomic mass is 10.1. The molecule has 4 aromatic rings. The van der Waals surface area contributed by atoms with Crippen LogP contribution in [0.1, 0.15) is 35.5 Å². The van der Waals surface area contributed by atoms with Crippen molar-refractivity contribution in [2.45, 2.75) is 25.0 Å². The summed E-state index contributed by atoms with van der Waals surface area (Å²) in [4.78, 5) is 19.5. The molecule has 11 heteroatoms. The third-order valence-electron chi connectivity index (χ3n) is 6.92. The molecule has 0 aliphatic carbocycles. The van der Waals surface area contributed by atoms with Gasteiger partial charge in [0.15, 0.2) is 5.11 Å². The number of rotatable bonds is 3. The highest BCUT2D eigenvalue weighted by Gasteiger charge is 2.48. The first-order valence-corrected chi connectivity index (χ1v) is 11.6. The minimum Gasteiger partial charge on any atom is -0.493 e. The molecule has 180 valence electrons. The second-order valence-electron chi connectivity index (χ2n) is 8.76. The maximum atomic E-state index is 14.0. The van der Waals surface area contributed by atoms with Crippen LogP contribution in [0.5, 0.6) is 5.88 Å². The van der Waals surface area contributed by atoms with Crippen LogP contribution in [0.3, 0.4) is 0 Å². The molecule has 2 N–H and O–H groups in total. The van der Waals surface area contributed by atoms with Crippen molar-refractivity contribution in [3.63, 3.8) is 0 Å². The monoisotopic (exact) mass is 504 g/mol. The van der Waals surface area contributed by atoms with Crippen LogP contribution in [0.25, 0.3) is 16.5 Å². The Morgan fingerprint density at radius 1 is 1.19 bits per heavy atom. The summed E-state index contributed by atoms with van der Waals surface area (Å²) in [5.74, 6) is -1.56. The van der Waals surface area contributed by atoms with Gasteiger partial charge in [-0.1, -0.05) is 30.3 Å². The smallest absolute Gasteiger partial charge is 0.336 e. The number of nitrogens with zero attached hydrogens (tertiary/aromatic N) is 5. The normalized spacial score (nSPS) is 17.9. The molecular formula is C25H18F2N6O2S. The van der Waals surface area contributed by atoms with E-state index in [2.05, 4.69) is 10.3 Å². The Bertz CT molecular complexity index is 1650. The lowest BCUT2D eigenvalue weighted by molar-refractivity contribution is 0.333. The van der Waals surface area contributed by atoms with E-state index in [1.165, 1.54) is 29.0 Å². The Labute approximate surface area is 208 Å². The zero-order chi connectivity index (χ0) is 25.1. The van der Waals surface area contributed by atoms with Gasteiger partial charge in [-0.15, -0.1) is 0 Å². The van der Waals surface area contributed by atoms with Gasteiger partial charge in [-0.25, -0.2) is 23.1 Å². The third-order valence-corrected chi connectivity index (χ3v) is 7.30. The molecule has 4 heterocycles. The number of nitrogens with one attached hydrogen (secondary N) is 1. The fraction of sp³-hybridized carbons (Fsp3) is 0.200. The van der Waals surface area contributed by atoms with Crippen molar-refractivity contribution in [1.29, 1.82) is 5.26 Å². The van der Waals surface area contributed by atoms with Gasteiger partial charge in [0.1, 0.15) is 29.1 Å². The number of hydrogen-bond acceptors (Lipinski definition) is 5. The number of thiocarbonyl (C=S) groups is 1. The first-order chi connectivity index (χ1) is 17.4. The van der Waals surface area contributed by atoms with Crippen molar-refractivity contribution in [1.82, 2.24) is 24.3 Å². The van der Waals surface area contributed by atoms with E-state index in [1.807, 2.05) is 11.0 Å². The largest absolute Gasteiger partial charge is 0.493 e. The molecular weight excluding hydrogens is 486 g/mol. The average molecular weight is 505 g/mol. The number of likely N-dealkylation sites (tertiary alicyclic amines) is 1. The molecule has 0 spiro atoms. The third kappa shape index (κ3) is 3.11. The lowest BCUT2D eigenvalue weighted by Gasteiger charge is -2.30. The highest BCUT2D eigenvalue weighted by molar-refractivity contribution is 7.80. The van der Waals surface area contributed by atoms with Gasteiger partial charge in [-0.2, -0.15) is 5.26 Å². The summed E-state index contributed by atoms with van der Waals surface area (Å²) in [5, 5.41) is 25.0. The molecule has 2 aromatic carbocycles. The van der Waals surface area contributed by atoms with Gasteiger partial charge < -0.3 is 15.3 Å². The lowest BCUT2D eigenvalue weighted by Crippen LogP contribution is -2.43. The predicted molar refractivity (Wildman–Crippen MR) is 131 cm³/mol. The van der Waals surface area contributed by atoms with Gasteiger partial charge >= 0.3 is 5.69 Å². The van der Waals surface area contributed by atoms with Crippen LogP contribution in [0, 0.1) is 23.0 Å². The highest BCUT2D eigenvalue weighted by atomic mass is 32.1. The summed E-state index contributed by atoms with van der Waals surface area (Å²) >= 11 is 5.51. The number of aromatic nitrogens is 3. The molecule has 2 aliphatic heterocycles. The number of imidazole rings is 1. The predicted octanol–water partition coefficient (Wildman–Crippen LogP) is 3.42. The van der Waals surface area contributed by atoms with Gasteiger partial charge in [0.25, 0.3) is 0 Å². The van der Waals surface area contributed by atoms with Crippen LogP contribution in [0.2, 0.25) is 0 Å². The standard InChI is InChI=1S/C25H18F2N6O2S/c26-17-6-3-7-18(27)16(17)10-30-24(36)31-12-13-8-20(31)22-23(34)33(25(35)32(13)22)21-11-29-19(9-28)14-4-1-2-5-15(14)21/h1-7,11,13,20,34H,8,10,12H2,(H,30,36)/t13-,20?/m1/s1. The van der Waals surface area contributed by atoms with E-state index < -0.39 is 17.3 Å². The van der Waals surface area contributed by atoms with Crippen molar-refractivity contribution in [2.24, 2.45) is 0 Å². The maximum Gasteiger partial charge on any atom is 0.336 e. The van der Waals surface area contributed by atoms with Crippen LogP contribution in [0.15, 0.2) is 53.5 Å². The SMILES string of the molecule is N#Cc1ncc(-n2c(O)c3n(c2=O)[C@@H]2CC3N(C(=S)NCc3c(F)cccc3F)C2)c2ccccc12. The molecule has 1 saturated heterocycles. The number of benzene rings is 2. The van der Waals surface area contributed by atoms with Crippen molar-refractivity contribution in [3.8, 4) is 17.6 Å². The molecule has 0 radical (unpaired) electrons. The number of aromatic hydroxyl groups is 1. The molecule has 8 nitrogen and oxygen atoms in total. The van der Waals surface area contributed by atoms with Crippen molar-refractivity contribution in [3.05, 3.63) is 87.7 Å². The molecule has 1 fully saturated rings. The minimum atomic E-state index is -0.667. The van der Waals surface area contributed by atoms with Crippen LogP contribution in [-0.2, 0) is 6.54 Å². The summed E-state index contributed by atoms with van der Waals surface area (Å²) in [6.45, 7) is 0.285. The summed E-state index contributed by atoms with van der Waals surface area (Å²) in [6, 6.07) is 12.2. The summed E-state index contributed by atoms with van der Waals surface area (Å²) in [5.41, 5.74) is 0.498. The van der Waals surface area contributed by atoms with Crippen molar-refractivity contribution < 1.29 is 13.9 Å². The van der Waals surface area contributed by atoms with Crippen molar-refractivity contribution >= 4 is 28.1 Å². The molecule has 1 unspecified atom stereocenters. The molecule has 6 rings (SSSR count). The number of hydrogen-bond donors (Lipinski definition) is 2. The molecule has 0 saturated carbocycles. The van der Waals surface area contributed by atoms with Gasteiger partial charge in [-0.05, 0) is 30.8 Å². The molecule has 2 aliphatic rings. The Balaban J connectivity index is 1.35. The number of halogens is 2. The van der Waals surface area contributed by atoms with Gasteiger partial charge in [0.2, 0.25) is 5.88 Å². The van der Waals surface area contributed by atoms with E-state index in [-0.39, 0.29) is 40.9 Å². The van der Waals surface area contributed by atoms with Crippen LogP contribution in [-0.4, -0.2) is 35.8 Å². The topological polar surface area (TPSA) is 99.1 Å². The molecule has 2 aromatic heterocycles. The fourth-order valence-corrected chi connectivity index (χ4v) is 5.57. The summed E-state index contributed by atoms with van der Waals surface area (Å²) < 4.78 is 30.8. The van der Waals surface area contributed by atoms with Crippen LogP contribution < -0.4 is 11.0 Å². The highest BCUT2D eigenvalue weighted by Crippen LogP contribution is 2.48. The number of nitriles is 1. The summed E-state index contributed by atoms with van der Waals surface area (Å²) in [7, 11) is 0. The number of fused-ring (bicyclic) bond motifs is 6. The van der Waals surface area contributed by atoms with Crippen LogP contribution >= 0.6 is 12.2 Å². The fourth-order valence-electron chi connectivity index (χ4n) is 5.30. The second-order valence-corrected chi connectivity index (χ2v) is 9.15. The van der Waals surface area contributed by atoms with E-state index in [9.17, 15) is 23.9 Å². The van der Waals surface area contributed by atoms with Gasteiger partial charge in [0.05, 0.1) is 24.0 Å². The zero-order valence-electron chi connectivity index (χ0n) is 18.7. The van der Waals surface area contributed by atoms with E-state index in [1.54, 1.807) is 28.8 Å². The van der Waals surface area contributed by atoms with E-state index >= 15 is 0 Å². The van der Waals surface area contributed by atoms with E-state index in [4.69, 9.17) is 12.2 Å². The Morgan fingerprint density at radius 2 is 1.92 bits per heavy atom. The molecule has 2 atom stereocenters. The number of pyridine rings is 1. The van der Waals surface area contributed by atoms with E-state index in [0.717, 1.165) is 0 Å². The molecule has 0 amide bonds. The van der Waals surface area contributed by atoms with Crippen molar-refractivity contribution in [2.75, 3.05) is 6.54 Å². The molecule has 2 bridgehead atoms. The quantitative estimate of drug-likeness (QED) is 0.413. The van der Waals surface area contributed by atoms with Gasteiger partial charge in [0, 0.05) is 29.4 Å². The first kappa shape index (κ1) is 22.2. The first-order valence-electron chi connectivity index (χ1n) is 11.2. The van der Waals surface area contributed by atoms with E-state index in [0.29, 0.717) is 35.1 Å². The zero-order valence-corrected chi connectivity index (χ0v) is 19.5. The van der Waals surface area contributed by atoms with Gasteiger partial charge in [-0.3, -0.25) is 4.57 Å². The maximum absolute atomic E-state index is 14.0. The Kier molecular flexibility index (Phi) is 5.01. The summed E-state index contributed by atoms with van der Waals surface area (Å²) in [6.07, 6.45) is 1.98. The molecule has 36 heavy (non-hydrogen) atoms. The average Bonchev–Trinajstić information content (AvgIpc) is 3.54. The minimum absolute atomic E-state index is 0.115. The van der Waals surface area contributed by atoms with Crippen LogP contribution in [0.4, 0.5) is 8.78 Å². The Hall–Kier alpha value is -4.30. The second kappa shape index (κ2) is 8.13. The Morgan fingerprint density at radius 3 is 2.64 bits per heavy atom.